The zero-order chi connectivity index (χ0) is 7.28. The summed E-state index contributed by atoms with van der Waals surface area (Å²) >= 11 is 3.77. The molecule has 0 aromatic heterocycles. The third-order valence-corrected chi connectivity index (χ3v) is 1.16. The molecule has 1 atom stereocenters. The number of nitrogens with two attached hydrogens (primary N) is 1. The molecule has 0 rings (SSSR count). The lowest BCUT2D eigenvalue weighted by molar-refractivity contribution is -0.122. The fourth-order valence-electron chi connectivity index (χ4n) is 0.307. The lowest BCUT2D eigenvalue weighted by Crippen LogP contribution is -2.41. The molecule has 3 N–H and O–H groups in total. The summed E-state index contributed by atoms with van der Waals surface area (Å²) in [5.74, 6) is -0.342. The van der Waals surface area contributed by atoms with Gasteiger partial charge in [-0.15, -0.1) is 0 Å². The Balaban J connectivity index is 3.67. The average Bonchev–Trinajstić information content (AvgIpc) is 1.82. The van der Waals surface area contributed by atoms with Crippen LogP contribution < -0.4 is 11.1 Å². The lowest BCUT2D eigenvalue weighted by atomic mass is 10.3. The Bertz CT molecular complexity index is 117. The highest BCUT2D eigenvalue weighted by Gasteiger charge is 2.09. The van der Waals surface area contributed by atoms with Crippen molar-refractivity contribution < 1.29 is 9.59 Å². The Kier molecular flexibility index (Phi) is 3.87. The van der Waals surface area contributed by atoms with Gasteiger partial charge in [0.15, 0.2) is 0 Å². The van der Waals surface area contributed by atoms with Gasteiger partial charge >= 0.3 is 0 Å². The van der Waals surface area contributed by atoms with Crippen molar-refractivity contribution in [1.29, 1.82) is 0 Å². The summed E-state index contributed by atoms with van der Waals surface area (Å²) in [5, 5.41) is 2.20. The molecule has 0 aromatic rings. The fourth-order valence-corrected chi connectivity index (χ4v) is 0.592. The van der Waals surface area contributed by atoms with Crippen molar-refractivity contribution in [3.63, 3.8) is 0 Å². The molecule has 2 amide bonds. The predicted octanol–water partition coefficient (Wildman–Crippen LogP) is -1.48. The van der Waals surface area contributed by atoms with E-state index in [1.54, 1.807) is 0 Å². The minimum Gasteiger partial charge on any atom is -0.368 e. The SMILES string of the molecule is NC(=O)C(CS)NC=O. The number of carbonyl (C=O) groups is 2. The number of carbonyl (C=O) groups excluding carboxylic acids is 2. The van der Waals surface area contributed by atoms with Gasteiger partial charge in [0.25, 0.3) is 0 Å². The molecule has 4 nitrogen and oxygen atoms in total. The van der Waals surface area contributed by atoms with Crippen molar-refractivity contribution in [3.8, 4) is 0 Å². The van der Waals surface area contributed by atoms with Gasteiger partial charge in [-0.1, -0.05) is 0 Å². The second-order valence-corrected chi connectivity index (χ2v) is 1.79. The number of hydrogen-bond acceptors (Lipinski definition) is 3. The van der Waals surface area contributed by atoms with Crippen LogP contribution in [0.3, 0.4) is 0 Å². The highest BCUT2D eigenvalue weighted by molar-refractivity contribution is 7.80. The Labute approximate surface area is 58.2 Å². The Morgan fingerprint density at radius 2 is 2.44 bits per heavy atom. The number of thiol groups is 1. The molecular weight excluding hydrogens is 140 g/mol. The molecule has 52 valence electrons. The summed E-state index contributed by atoms with van der Waals surface area (Å²) in [5.41, 5.74) is 4.82. The van der Waals surface area contributed by atoms with E-state index in [0.717, 1.165) is 0 Å². The summed E-state index contributed by atoms with van der Waals surface area (Å²) < 4.78 is 0. The van der Waals surface area contributed by atoms with Gasteiger partial charge < -0.3 is 11.1 Å². The molecule has 0 radical (unpaired) electrons. The standard InChI is InChI=1S/C4H8N2O2S/c5-4(8)3(1-9)6-2-7/h2-3,9H,1H2,(H2,5,8)(H,6,7). The van der Waals surface area contributed by atoms with E-state index in [0.29, 0.717) is 6.41 Å². The third-order valence-electron chi connectivity index (χ3n) is 0.795. The average molecular weight is 148 g/mol. The van der Waals surface area contributed by atoms with Crippen LogP contribution in [0.25, 0.3) is 0 Å². The van der Waals surface area contributed by atoms with Crippen molar-refractivity contribution in [2.45, 2.75) is 6.04 Å². The van der Waals surface area contributed by atoms with Gasteiger partial charge in [-0.05, 0) is 0 Å². The second-order valence-electron chi connectivity index (χ2n) is 1.42. The van der Waals surface area contributed by atoms with E-state index in [1.165, 1.54) is 0 Å². The van der Waals surface area contributed by atoms with Crippen LogP contribution >= 0.6 is 12.6 Å². The highest BCUT2D eigenvalue weighted by atomic mass is 32.1. The van der Waals surface area contributed by atoms with Crippen LogP contribution in [0.15, 0.2) is 0 Å². The summed E-state index contributed by atoms with van der Waals surface area (Å²) in [4.78, 5) is 20.0. The molecule has 1 unspecified atom stereocenters. The minimum absolute atomic E-state index is 0.230. The number of hydrogen-bond donors (Lipinski definition) is 3. The molecule has 0 bridgehead atoms. The molecule has 5 heteroatoms. The van der Waals surface area contributed by atoms with Crippen LogP contribution in [0.5, 0.6) is 0 Å². The van der Waals surface area contributed by atoms with Crippen molar-refractivity contribution in [3.05, 3.63) is 0 Å². The smallest absolute Gasteiger partial charge is 0.240 e. The molecule has 0 saturated carbocycles. The van der Waals surface area contributed by atoms with Gasteiger partial charge in [0, 0.05) is 5.75 Å². The van der Waals surface area contributed by atoms with Crippen molar-refractivity contribution in [2.75, 3.05) is 5.75 Å². The topological polar surface area (TPSA) is 72.2 Å². The summed E-state index contributed by atoms with van der Waals surface area (Å²) in [6, 6.07) is -0.647. The maximum Gasteiger partial charge on any atom is 0.240 e. The molecule has 9 heavy (non-hydrogen) atoms. The van der Waals surface area contributed by atoms with Gasteiger partial charge in [0.2, 0.25) is 12.3 Å². The monoisotopic (exact) mass is 148 g/mol. The van der Waals surface area contributed by atoms with Gasteiger partial charge in [0.05, 0.1) is 0 Å². The molecule has 0 aliphatic heterocycles. The largest absolute Gasteiger partial charge is 0.368 e. The van der Waals surface area contributed by atoms with Crippen LogP contribution in [0.1, 0.15) is 0 Å². The van der Waals surface area contributed by atoms with E-state index in [9.17, 15) is 9.59 Å². The van der Waals surface area contributed by atoms with Crippen molar-refractivity contribution >= 4 is 24.9 Å². The summed E-state index contributed by atoms with van der Waals surface area (Å²) in [6.45, 7) is 0. The number of amides is 2. The first-order valence-electron chi connectivity index (χ1n) is 2.32. The minimum atomic E-state index is -0.647. The Hall–Kier alpha value is -0.710. The third kappa shape index (κ3) is 2.97. The number of rotatable bonds is 4. The van der Waals surface area contributed by atoms with Crippen LogP contribution in [-0.2, 0) is 9.59 Å². The van der Waals surface area contributed by atoms with E-state index in [1.807, 2.05) is 0 Å². The van der Waals surface area contributed by atoms with Crippen LogP contribution in [0.2, 0.25) is 0 Å². The molecular formula is C4H8N2O2S. The molecule has 0 fully saturated rings. The van der Waals surface area contributed by atoms with E-state index in [2.05, 4.69) is 17.9 Å². The first-order valence-corrected chi connectivity index (χ1v) is 2.95. The fraction of sp³-hybridized carbons (Fsp3) is 0.500. The van der Waals surface area contributed by atoms with Gasteiger partial charge in [-0.2, -0.15) is 12.6 Å². The molecule has 0 aliphatic carbocycles. The van der Waals surface area contributed by atoms with Crippen molar-refractivity contribution in [1.82, 2.24) is 5.32 Å². The zero-order valence-electron chi connectivity index (χ0n) is 4.70. The van der Waals surface area contributed by atoms with Crippen LogP contribution in [0.4, 0.5) is 0 Å². The van der Waals surface area contributed by atoms with E-state index in [4.69, 9.17) is 5.73 Å². The molecule has 0 aromatic carbocycles. The Morgan fingerprint density at radius 3 is 2.56 bits per heavy atom. The quantitative estimate of drug-likeness (QED) is 0.336. The van der Waals surface area contributed by atoms with Crippen LogP contribution in [0, 0.1) is 0 Å². The van der Waals surface area contributed by atoms with Gasteiger partial charge in [-0.25, -0.2) is 0 Å². The van der Waals surface area contributed by atoms with Crippen molar-refractivity contribution in [2.24, 2.45) is 5.73 Å². The van der Waals surface area contributed by atoms with E-state index < -0.39 is 11.9 Å². The maximum absolute atomic E-state index is 10.3. The zero-order valence-corrected chi connectivity index (χ0v) is 5.60. The first kappa shape index (κ1) is 8.29. The van der Waals surface area contributed by atoms with Gasteiger partial charge in [0.1, 0.15) is 6.04 Å². The lowest BCUT2D eigenvalue weighted by Gasteiger charge is -2.06. The number of nitrogens with one attached hydrogen (secondary N) is 1. The van der Waals surface area contributed by atoms with E-state index >= 15 is 0 Å². The molecule has 0 spiro atoms. The first-order chi connectivity index (χ1) is 4.22. The number of primary amides is 1. The molecule has 0 aliphatic rings. The summed E-state index contributed by atoms with van der Waals surface area (Å²) in [6.07, 6.45) is 0.422. The molecule has 0 saturated heterocycles. The molecule has 0 heterocycles. The second kappa shape index (κ2) is 4.20. The highest BCUT2D eigenvalue weighted by Crippen LogP contribution is 1.82. The maximum atomic E-state index is 10.3. The summed E-state index contributed by atoms with van der Waals surface area (Å²) in [7, 11) is 0. The van der Waals surface area contributed by atoms with Crippen LogP contribution in [-0.4, -0.2) is 24.1 Å². The van der Waals surface area contributed by atoms with E-state index in [-0.39, 0.29) is 5.75 Å². The Morgan fingerprint density at radius 1 is 1.89 bits per heavy atom. The predicted molar refractivity (Wildman–Crippen MR) is 36.0 cm³/mol. The van der Waals surface area contributed by atoms with Gasteiger partial charge in [-0.3, -0.25) is 9.59 Å². The normalized spacial score (nSPS) is 12.1.